The Labute approximate surface area is 101 Å². The number of aryl methyl sites for hydroxylation is 1. The van der Waals surface area contributed by atoms with Crippen molar-refractivity contribution in [3.05, 3.63) is 46.0 Å². The van der Waals surface area contributed by atoms with E-state index in [1.165, 1.54) is 16.7 Å². The molecule has 1 aromatic carbocycles. The highest BCUT2D eigenvalue weighted by Gasteiger charge is 2.09. The zero-order valence-electron chi connectivity index (χ0n) is 9.39. The molecule has 0 heterocycles. The molecule has 0 aliphatic rings. The van der Waals surface area contributed by atoms with Crippen molar-refractivity contribution in [3.8, 4) is 0 Å². The summed E-state index contributed by atoms with van der Waals surface area (Å²) in [4.78, 5) is 0. The lowest BCUT2D eigenvalue weighted by Crippen LogP contribution is -2.11. The van der Waals surface area contributed by atoms with Crippen LogP contribution in [0.2, 0.25) is 0 Å². The fourth-order valence-corrected chi connectivity index (χ4v) is 2.05. The van der Waals surface area contributed by atoms with Crippen LogP contribution in [-0.4, -0.2) is 0 Å². The minimum absolute atomic E-state index is 0.0935. The van der Waals surface area contributed by atoms with Gasteiger partial charge < -0.3 is 5.73 Å². The van der Waals surface area contributed by atoms with Crippen molar-refractivity contribution in [3.63, 3.8) is 0 Å². The molecule has 1 unspecified atom stereocenters. The molecule has 0 fully saturated rings. The highest BCUT2D eigenvalue weighted by Crippen LogP contribution is 2.26. The molecule has 0 amide bonds. The Balaban J connectivity index is 2.76. The Hall–Kier alpha value is -0.600. The Morgan fingerprint density at radius 2 is 2.20 bits per heavy atom. The molecular weight excluding hydrogens is 250 g/mol. The summed E-state index contributed by atoms with van der Waals surface area (Å²) < 4.78 is 1.10. The maximum absolute atomic E-state index is 6.14. The molecule has 0 radical (unpaired) electrons. The van der Waals surface area contributed by atoms with Crippen LogP contribution in [0.3, 0.4) is 0 Å². The summed E-state index contributed by atoms with van der Waals surface area (Å²) in [6.07, 6.45) is 1.94. The van der Waals surface area contributed by atoms with Gasteiger partial charge in [-0.3, -0.25) is 0 Å². The first-order chi connectivity index (χ1) is 7.00. The zero-order valence-corrected chi connectivity index (χ0v) is 11.0. The van der Waals surface area contributed by atoms with Gasteiger partial charge in [0, 0.05) is 10.5 Å². The Morgan fingerprint density at radius 3 is 2.80 bits per heavy atom. The molecule has 1 rings (SSSR count). The fraction of sp³-hybridized carbons (Fsp3) is 0.385. The molecular formula is C13H18BrN. The smallest absolute Gasteiger partial charge is 0.0309 e. The highest BCUT2D eigenvalue weighted by atomic mass is 79.9. The summed E-state index contributed by atoms with van der Waals surface area (Å²) in [7, 11) is 0. The van der Waals surface area contributed by atoms with E-state index in [4.69, 9.17) is 5.73 Å². The van der Waals surface area contributed by atoms with Crippen molar-refractivity contribution >= 4 is 15.9 Å². The molecule has 0 aromatic heterocycles. The zero-order chi connectivity index (χ0) is 11.4. The minimum atomic E-state index is 0.0935. The first-order valence-electron chi connectivity index (χ1n) is 5.16. The van der Waals surface area contributed by atoms with Crippen LogP contribution in [-0.2, 0) is 0 Å². The molecule has 82 valence electrons. The van der Waals surface area contributed by atoms with E-state index in [0.717, 1.165) is 17.3 Å². The van der Waals surface area contributed by atoms with Gasteiger partial charge in [-0.05, 0) is 38.3 Å². The molecule has 0 spiro atoms. The Bertz CT molecular complexity index is 358. The van der Waals surface area contributed by atoms with Gasteiger partial charge in [-0.1, -0.05) is 39.2 Å². The fourth-order valence-electron chi connectivity index (χ4n) is 1.50. The first-order valence-corrected chi connectivity index (χ1v) is 5.96. The lowest BCUT2D eigenvalue weighted by atomic mass is 9.99. The minimum Gasteiger partial charge on any atom is -0.324 e. The lowest BCUT2D eigenvalue weighted by molar-refractivity contribution is 0.646. The summed E-state index contributed by atoms with van der Waals surface area (Å²) in [5.41, 5.74) is 9.77. The van der Waals surface area contributed by atoms with E-state index in [-0.39, 0.29) is 6.04 Å². The SMILES string of the molecule is C=C(C)CCC(N)c1cc(C)ccc1Br. The second-order valence-corrected chi connectivity index (χ2v) is 4.98. The quantitative estimate of drug-likeness (QED) is 0.817. The summed E-state index contributed by atoms with van der Waals surface area (Å²) in [6, 6.07) is 6.38. The molecule has 1 atom stereocenters. The van der Waals surface area contributed by atoms with Crippen LogP contribution in [0.15, 0.2) is 34.8 Å². The number of hydrogen-bond acceptors (Lipinski definition) is 1. The number of benzene rings is 1. The van der Waals surface area contributed by atoms with Gasteiger partial charge in [0.2, 0.25) is 0 Å². The van der Waals surface area contributed by atoms with Crippen molar-refractivity contribution in [2.24, 2.45) is 5.73 Å². The Kier molecular flexibility index (Phi) is 4.55. The van der Waals surface area contributed by atoms with Crippen molar-refractivity contribution in [1.82, 2.24) is 0 Å². The van der Waals surface area contributed by atoms with Crippen LogP contribution in [0, 0.1) is 6.92 Å². The van der Waals surface area contributed by atoms with Crippen molar-refractivity contribution in [2.45, 2.75) is 32.7 Å². The molecule has 2 N–H and O–H groups in total. The number of halogens is 1. The number of rotatable bonds is 4. The van der Waals surface area contributed by atoms with Crippen molar-refractivity contribution < 1.29 is 0 Å². The third kappa shape index (κ3) is 3.80. The summed E-state index contributed by atoms with van der Waals surface area (Å²) >= 11 is 3.54. The van der Waals surface area contributed by atoms with Gasteiger partial charge in [0.25, 0.3) is 0 Å². The van der Waals surface area contributed by atoms with E-state index in [0.29, 0.717) is 0 Å². The second-order valence-electron chi connectivity index (χ2n) is 4.13. The van der Waals surface area contributed by atoms with Gasteiger partial charge in [-0.25, -0.2) is 0 Å². The molecule has 1 nitrogen and oxygen atoms in total. The van der Waals surface area contributed by atoms with E-state index in [2.05, 4.69) is 47.6 Å². The van der Waals surface area contributed by atoms with Gasteiger partial charge in [-0.2, -0.15) is 0 Å². The molecule has 1 aromatic rings. The molecule has 0 bridgehead atoms. The monoisotopic (exact) mass is 267 g/mol. The third-order valence-corrected chi connectivity index (χ3v) is 3.16. The van der Waals surface area contributed by atoms with E-state index in [1.807, 2.05) is 6.92 Å². The molecule has 0 saturated heterocycles. The van der Waals surface area contributed by atoms with E-state index in [9.17, 15) is 0 Å². The van der Waals surface area contributed by atoms with E-state index < -0.39 is 0 Å². The number of hydrogen-bond donors (Lipinski definition) is 1. The van der Waals surface area contributed by atoms with Crippen LogP contribution >= 0.6 is 15.9 Å². The highest BCUT2D eigenvalue weighted by molar-refractivity contribution is 9.10. The largest absolute Gasteiger partial charge is 0.324 e. The topological polar surface area (TPSA) is 26.0 Å². The number of nitrogens with two attached hydrogens (primary N) is 1. The number of allylic oxidation sites excluding steroid dienone is 1. The molecule has 0 aliphatic carbocycles. The summed E-state index contributed by atoms with van der Waals surface area (Å²) in [5, 5.41) is 0. The lowest BCUT2D eigenvalue weighted by Gasteiger charge is -2.14. The van der Waals surface area contributed by atoms with Gasteiger partial charge >= 0.3 is 0 Å². The molecule has 0 saturated carbocycles. The van der Waals surface area contributed by atoms with Crippen LogP contribution in [0.4, 0.5) is 0 Å². The van der Waals surface area contributed by atoms with Crippen molar-refractivity contribution in [1.29, 1.82) is 0 Å². The van der Waals surface area contributed by atoms with Gasteiger partial charge in [-0.15, -0.1) is 6.58 Å². The average molecular weight is 268 g/mol. The normalized spacial score (nSPS) is 12.5. The van der Waals surface area contributed by atoms with E-state index in [1.54, 1.807) is 0 Å². The standard InChI is InChI=1S/C13H18BrN/c1-9(2)4-7-13(15)11-8-10(3)5-6-12(11)14/h5-6,8,13H,1,4,7,15H2,2-3H3. The van der Waals surface area contributed by atoms with Crippen LogP contribution in [0.25, 0.3) is 0 Å². The average Bonchev–Trinajstić information content (AvgIpc) is 2.18. The second kappa shape index (κ2) is 5.47. The maximum Gasteiger partial charge on any atom is 0.0309 e. The molecule has 0 aliphatic heterocycles. The van der Waals surface area contributed by atoms with Crippen LogP contribution in [0.1, 0.15) is 36.9 Å². The van der Waals surface area contributed by atoms with Crippen LogP contribution in [0.5, 0.6) is 0 Å². The van der Waals surface area contributed by atoms with Crippen molar-refractivity contribution in [2.75, 3.05) is 0 Å². The van der Waals surface area contributed by atoms with E-state index >= 15 is 0 Å². The summed E-state index contributed by atoms with van der Waals surface area (Å²) in [6.45, 7) is 8.02. The van der Waals surface area contributed by atoms with Gasteiger partial charge in [0.1, 0.15) is 0 Å². The Morgan fingerprint density at radius 1 is 1.53 bits per heavy atom. The molecule has 2 heteroatoms. The first kappa shape index (κ1) is 12.5. The molecule has 15 heavy (non-hydrogen) atoms. The maximum atomic E-state index is 6.14. The summed E-state index contributed by atoms with van der Waals surface area (Å²) in [5.74, 6) is 0. The predicted octanol–water partition coefficient (Wildman–Crippen LogP) is 4.11. The van der Waals surface area contributed by atoms with Gasteiger partial charge in [0.15, 0.2) is 0 Å². The third-order valence-electron chi connectivity index (χ3n) is 2.43. The predicted molar refractivity (Wildman–Crippen MR) is 69.9 cm³/mol. The van der Waals surface area contributed by atoms with Gasteiger partial charge in [0.05, 0.1) is 0 Å². The van der Waals surface area contributed by atoms with Crippen LogP contribution < -0.4 is 5.73 Å².